The van der Waals surface area contributed by atoms with Crippen molar-refractivity contribution in [2.24, 2.45) is 0 Å². The van der Waals surface area contributed by atoms with E-state index in [0.717, 1.165) is 17.7 Å². The molecule has 0 saturated heterocycles. The third kappa shape index (κ3) is 5.64. The number of amides is 1. The summed E-state index contributed by atoms with van der Waals surface area (Å²) in [4.78, 5) is 23.7. The standard InChI is InChI=1S/C21H25NO6/c1-4-11-28-16-8-5-14(6-9-16)7-10-19(23)22-17-12-15(21(24)25)13-18(26-2)20(17)27-3/h5-6,8-9,12-13H,4,7,10-11H2,1-3H3,(H,22,23)(H,24,25). The van der Waals surface area contributed by atoms with E-state index in [-0.39, 0.29) is 35.1 Å². The van der Waals surface area contributed by atoms with Crippen LogP contribution in [-0.2, 0) is 11.2 Å². The van der Waals surface area contributed by atoms with Crippen molar-refractivity contribution in [1.29, 1.82) is 0 Å². The Morgan fingerprint density at radius 2 is 1.79 bits per heavy atom. The highest BCUT2D eigenvalue weighted by Crippen LogP contribution is 2.36. The van der Waals surface area contributed by atoms with E-state index in [2.05, 4.69) is 5.32 Å². The first kappa shape index (κ1) is 21.1. The number of ether oxygens (including phenoxy) is 3. The predicted molar refractivity (Wildman–Crippen MR) is 106 cm³/mol. The lowest BCUT2D eigenvalue weighted by Crippen LogP contribution is -2.14. The van der Waals surface area contributed by atoms with E-state index in [1.807, 2.05) is 31.2 Å². The molecule has 28 heavy (non-hydrogen) atoms. The van der Waals surface area contributed by atoms with Crippen LogP contribution in [0.15, 0.2) is 36.4 Å². The van der Waals surface area contributed by atoms with Crippen LogP contribution >= 0.6 is 0 Å². The zero-order valence-electron chi connectivity index (χ0n) is 16.3. The zero-order chi connectivity index (χ0) is 20.5. The molecular formula is C21H25NO6. The van der Waals surface area contributed by atoms with Crippen molar-refractivity contribution in [2.45, 2.75) is 26.2 Å². The van der Waals surface area contributed by atoms with Gasteiger partial charge in [0.25, 0.3) is 0 Å². The molecule has 0 saturated carbocycles. The normalized spacial score (nSPS) is 10.2. The first-order valence-electron chi connectivity index (χ1n) is 8.99. The number of nitrogens with one attached hydrogen (secondary N) is 1. The summed E-state index contributed by atoms with van der Waals surface area (Å²) in [5, 5.41) is 11.9. The number of aromatic carboxylic acids is 1. The molecule has 2 aromatic rings. The Morgan fingerprint density at radius 1 is 1.07 bits per heavy atom. The molecule has 0 heterocycles. The Bertz CT molecular complexity index is 816. The summed E-state index contributed by atoms with van der Waals surface area (Å²) in [6.45, 7) is 2.71. The van der Waals surface area contributed by atoms with Gasteiger partial charge in [-0.3, -0.25) is 4.79 Å². The molecule has 0 aromatic heterocycles. The maximum Gasteiger partial charge on any atom is 0.335 e. The molecule has 7 heteroatoms. The lowest BCUT2D eigenvalue weighted by atomic mass is 10.1. The number of rotatable bonds is 10. The van der Waals surface area contributed by atoms with Crippen molar-refractivity contribution in [3.05, 3.63) is 47.5 Å². The van der Waals surface area contributed by atoms with Crippen molar-refractivity contribution in [3.8, 4) is 17.2 Å². The number of carbonyl (C=O) groups is 2. The molecule has 2 N–H and O–H groups in total. The summed E-state index contributed by atoms with van der Waals surface area (Å²) < 4.78 is 16.0. The third-order valence-electron chi connectivity index (χ3n) is 4.04. The van der Waals surface area contributed by atoms with E-state index in [1.165, 1.54) is 26.4 Å². The lowest BCUT2D eigenvalue weighted by Gasteiger charge is -2.15. The second-order valence-electron chi connectivity index (χ2n) is 6.11. The Hall–Kier alpha value is -3.22. The van der Waals surface area contributed by atoms with Gasteiger partial charge < -0.3 is 24.6 Å². The summed E-state index contributed by atoms with van der Waals surface area (Å²) >= 11 is 0. The van der Waals surface area contributed by atoms with Gasteiger partial charge in [-0.05, 0) is 42.7 Å². The minimum atomic E-state index is -1.12. The Kier molecular flexibility index (Phi) is 7.68. The van der Waals surface area contributed by atoms with Gasteiger partial charge in [0.05, 0.1) is 32.1 Å². The Labute approximate surface area is 164 Å². The quantitative estimate of drug-likeness (QED) is 0.645. The number of carboxylic acid groups (broad SMARTS) is 1. The molecule has 0 aliphatic heterocycles. The van der Waals surface area contributed by atoms with Gasteiger partial charge in [-0.1, -0.05) is 19.1 Å². The van der Waals surface area contributed by atoms with E-state index in [0.29, 0.717) is 13.0 Å². The van der Waals surface area contributed by atoms with Crippen LogP contribution in [0.4, 0.5) is 5.69 Å². The molecule has 0 radical (unpaired) electrons. The fraction of sp³-hybridized carbons (Fsp3) is 0.333. The summed E-state index contributed by atoms with van der Waals surface area (Å²) in [5.74, 6) is -0.0629. The molecule has 0 fully saturated rings. The lowest BCUT2D eigenvalue weighted by molar-refractivity contribution is -0.116. The van der Waals surface area contributed by atoms with Gasteiger partial charge in [0.15, 0.2) is 11.5 Å². The Balaban J connectivity index is 2.04. The van der Waals surface area contributed by atoms with E-state index in [4.69, 9.17) is 14.2 Å². The number of benzene rings is 2. The molecule has 7 nitrogen and oxygen atoms in total. The van der Waals surface area contributed by atoms with Crippen LogP contribution in [0.25, 0.3) is 0 Å². The van der Waals surface area contributed by atoms with E-state index in [9.17, 15) is 14.7 Å². The van der Waals surface area contributed by atoms with Crippen LogP contribution in [-0.4, -0.2) is 37.8 Å². The molecule has 0 aliphatic carbocycles. The third-order valence-corrected chi connectivity index (χ3v) is 4.04. The molecule has 0 unspecified atom stereocenters. The van der Waals surface area contributed by atoms with Gasteiger partial charge in [0, 0.05) is 6.42 Å². The zero-order valence-corrected chi connectivity index (χ0v) is 16.3. The number of hydrogen-bond acceptors (Lipinski definition) is 5. The van der Waals surface area contributed by atoms with E-state index in [1.54, 1.807) is 0 Å². The molecule has 0 aliphatic rings. The van der Waals surface area contributed by atoms with Crippen molar-refractivity contribution in [2.75, 3.05) is 26.1 Å². The number of carboxylic acids is 1. The Morgan fingerprint density at radius 3 is 2.36 bits per heavy atom. The maximum absolute atomic E-state index is 12.4. The van der Waals surface area contributed by atoms with Gasteiger partial charge >= 0.3 is 5.97 Å². The van der Waals surface area contributed by atoms with E-state index < -0.39 is 5.97 Å². The van der Waals surface area contributed by atoms with Crippen LogP contribution in [0.2, 0.25) is 0 Å². The smallest absolute Gasteiger partial charge is 0.335 e. The highest BCUT2D eigenvalue weighted by Gasteiger charge is 2.17. The van der Waals surface area contributed by atoms with Crippen LogP contribution < -0.4 is 19.5 Å². The SMILES string of the molecule is CCCOc1ccc(CCC(=O)Nc2cc(C(=O)O)cc(OC)c2OC)cc1. The van der Waals surface area contributed by atoms with Crippen LogP contribution in [0.3, 0.4) is 0 Å². The summed E-state index contributed by atoms with van der Waals surface area (Å²) in [5.41, 5.74) is 1.26. The first-order valence-corrected chi connectivity index (χ1v) is 8.99. The summed E-state index contributed by atoms with van der Waals surface area (Å²) in [6.07, 6.45) is 1.72. The van der Waals surface area contributed by atoms with Gasteiger partial charge in [-0.15, -0.1) is 0 Å². The molecule has 0 bridgehead atoms. The van der Waals surface area contributed by atoms with Crippen molar-refractivity contribution < 1.29 is 28.9 Å². The predicted octanol–water partition coefficient (Wildman–Crippen LogP) is 3.76. The number of hydrogen-bond donors (Lipinski definition) is 2. The minimum absolute atomic E-state index is 0.00406. The number of methoxy groups -OCH3 is 2. The van der Waals surface area contributed by atoms with Gasteiger partial charge in [-0.25, -0.2) is 4.79 Å². The second-order valence-corrected chi connectivity index (χ2v) is 6.11. The highest BCUT2D eigenvalue weighted by molar-refractivity contribution is 5.96. The number of aryl methyl sites for hydroxylation is 1. The minimum Gasteiger partial charge on any atom is -0.494 e. The monoisotopic (exact) mass is 387 g/mol. The van der Waals surface area contributed by atoms with Crippen molar-refractivity contribution >= 4 is 17.6 Å². The van der Waals surface area contributed by atoms with Crippen LogP contribution in [0.5, 0.6) is 17.2 Å². The van der Waals surface area contributed by atoms with Crippen molar-refractivity contribution in [1.82, 2.24) is 0 Å². The second kappa shape index (κ2) is 10.2. The van der Waals surface area contributed by atoms with Crippen LogP contribution in [0.1, 0.15) is 35.7 Å². The maximum atomic E-state index is 12.4. The summed E-state index contributed by atoms with van der Waals surface area (Å²) in [7, 11) is 2.83. The molecule has 150 valence electrons. The number of anilines is 1. The molecule has 2 rings (SSSR count). The fourth-order valence-electron chi connectivity index (χ4n) is 2.62. The topological polar surface area (TPSA) is 94.1 Å². The van der Waals surface area contributed by atoms with E-state index >= 15 is 0 Å². The largest absolute Gasteiger partial charge is 0.494 e. The van der Waals surface area contributed by atoms with Gasteiger partial charge in [0.2, 0.25) is 5.91 Å². The molecule has 2 aromatic carbocycles. The van der Waals surface area contributed by atoms with Crippen molar-refractivity contribution in [3.63, 3.8) is 0 Å². The fourth-order valence-corrected chi connectivity index (χ4v) is 2.62. The first-order chi connectivity index (χ1) is 13.5. The average Bonchev–Trinajstić information content (AvgIpc) is 2.70. The van der Waals surface area contributed by atoms with Crippen LogP contribution in [0, 0.1) is 0 Å². The molecule has 0 atom stereocenters. The molecular weight excluding hydrogens is 362 g/mol. The van der Waals surface area contributed by atoms with Gasteiger partial charge in [-0.2, -0.15) is 0 Å². The molecule has 1 amide bonds. The average molecular weight is 387 g/mol. The van der Waals surface area contributed by atoms with Gasteiger partial charge in [0.1, 0.15) is 5.75 Å². The molecule has 0 spiro atoms. The summed E-state index contributed by atoms with van der Waals surface area (Å²) in [6, 6.07) is 10.3. The highest BCUT2D eigenvalue weighted by atomic mass is 16.5. The number of carbonyl (C=O) groups excluding carboxylic acids is 1.